The minimum absolute atomic E-state index is 0.223. The van der Waals surface area contributed by atoms with Gasteiger partial charge in [0.25, 0.3) is 0 Å². The quantitative estimate of drug-likeness (QED) is 0.855. The molecule has 0 bridgehead atoms. The summed E-state index contributed by atoms with van der Waals surface area (Å²) in [6.07, 6.45) is 4.73. The Morgan fingerprint density at radius 1 is 1.04 bits per heavy atom. The van der Waals surface area contributed by atoms with Crippen molar-refractivity contribution in [3.63, 3.8) is 0 Å². The number of aryl methyl sites for hydroxylation is 2. The van der Waals surface area contributed by atoms with Gasteiger partial charge in [0.2, 0.25) is 10.0 Å². The zero-order chi connectivity index (χ0) is 17.5. The third-order valence-electron chi connectivity index (χ3n) is 5.13. The highest BCUT2D eigenvalue weighted by atomic mass is 32.2. The SMILES string of the molecule is Cc1cc(C)c(C)c(S(=O)(=O)N2CCC(n3cncn3)CC2)c1C. The van der Waals surface area contributed by atoms with Crippen LogP contribution in [0.4, 0.5) is 0 Å². The smallest absolute Gasteiger partial charge is 0.243 e. The molecule has 0 amide bonds. The fourth-order valence-electron chi connectivity index (χ4n) is 3.45. The summed E-state index contributed by atoms with van der Waals surface area (Å²) in [5.74, 6) is 0. The van der Waals surface area contributed by atoms with Gasteiger partial charge in [-0.15, -0.1) is 0 Å². The average Bonchev–Trinajstić information content (AvgIpc) is 3.07. The Morgan fingerprint density at radius 2 is 1.62 bits per heavy atom. The van der Waals surface area contributed by atoms with Crippen molar-refractivity contribution in [3.05, 3.63) is 41.0 Å². The third-order valence-corrected chi connectivity index (χ3v) is 7.30. The van der Waals surface area contributed by atoms with Crippen molar-refractivity contribution in [3.8, 4) is 0 Å². The molecule has 24 heavy (non-hydrogen) atoms. The van der Waals surface area contributed by atoms with Crippen LogP contribution in [0.25, 0.3) is 0 Å². The topological polar surface area (TPSA) is 68.1 Å². The highest BCUT2D eigenvalue weighted by Gasteiger charge is 2.32. The van der Waals surface area contributed by atoms with Crippen LogP contribution in [0.15, 0.2) is 23.6 Å². The molecule has 1 fully saturated rings. The molecule has 6 nitrogen and oxygen atoms in total. The lowest BCUT2D eigenvalue weighted by molar-refractivity contribution is 0.260. The standard InChI is InChI=1S/C17H24N4O2S/c1-12-9-13(2)15(4)17(14(12)3)24(22,23)20-7-5-16(6-8-20)21-11-18-10-19-21/h9-11,16H,5-8H2,1-4H3. The largest absolute Gasteiger partial charge is 0.250 e. The van der Waals surface area contributed by atoms with E-state index in [4.69, 9.17) is 0 Å². The van der Waals surface area contributed by atoms with E-state index < -0.39 is 10.0 Å². The van der Waals surface area contributed by atoms with Gasteiger partial charge in [0.05, 0.1) is 10.9 Å². The Bertz CT molecular complexity index is 810. The van der Waals surface area contributed by atoms with E-state index in [-0.39, 0.29) is 6.04 Å². The first-order valence-corrected chi connectivity index (χ1v) is 9.68. The minimum atomic E-state index is -3.47. The maximum Gasteiger partial charge on any atom is 0.243 e. The molecule has 0 unspecified atom stereocenters. The van der Waals surface area contributed by atoms with E-state index in [1.807, 2.05) is 32.4 Å². The lowest BCUT2D eigenvalue weighted by Crippen LogP contribution is -2.39. The Kier molecular flexibility index (Phi) is 4.48. The Labute approximate surface area is 143 Å². The highest BCUT2D eigenvalue weighted by Crippen LogP contribution is 2.31. The molecule has 1 aliphatic rings. The Balaban J connectivity index is 1.88. The maximum atomic E-state index is 13.2. The van der Waals surface area contributed by atoms with Crippen molar-refractivity contribution in [1.29, 1.82) is 0 Å². The van der Waals surface area contributed by atoms with Gasteiger partial charge in [0.1, 0.15) is 12.7 Å². The molecule has 1 aromatic carbocycles. The van der Waals surface area contributed by atoms with E-state index in [9.17, 15) is 8.42 Å². The fraction of sp³-hybridized carbons (Fsp3) is 0.529. The van der Waals surface area contributed by atoms with E-state index in [0.29, 0.717) is 18.0 Å². The van der Waals surface area contributed by atoms with E-state index in [1.165, 1.54) is 6.33 Å². The summed E-state index contributed by atoms with van der Waals surface area (Å²) in [5, 5.41) is 4.17. The highest BCUT2D eigenvalue weighted by molar-refractivity contribution is 7.89. The van der Waals surface area contributed by atoms with Crippen molar-refractivity contribution >= 4 is 10.0 Å². The monoisotopic (exact) mass is 348 g/mol. The predicted octanol–water partition coefficient (Wildman–Crippen LogP) is 2.54. The van der Waals surface area contributed by atoms with Crippen molar-refractivity contribution in [2.45, 2.75) is 51.5 Å². The van der Waals surface area contributed by atoms with Gasteiger partial charge in [-0.25, -0.2) is 18.1 Å². The van der Waals surface area contributed by atoms with Crippen molar-refractivity contribution in [2.24, 2.45) is 0 Å². The summed E-state index contributed by atoms with van der Waals surface area (Å²) in [6.45, 7) is 8.76. The van der Waals surface area contributed by atoms with E-state index in [1.54, 1.807) is 10.6 Å². The molecule has 1 aromatic heterocycles. The number of nitrogens with zero attached hydrogens (tertiary/aromatic N) is 4. The van der Waals surface area contributed by atoms with Gasteiger partial charge in [-0.1, -0.05) is 6.07 Å². The fourth-order valence-corrected chi connectivity index (χ4v) is 5.50. The second-order valence-corrected chi connectivity index (χ2v) is 8.48. The van der Waals surface area contributed by atoms with Crippen LogP contribution in [-0.2, 0) is 10.0 Å². The van der Waals surface area contributed by atoms with Gasteiger partial charge in [0, 0.05) is 13.1 Å². The summed E-state index contributed by atoms with van der Waals surface area (Å²) < 4.78 is 29.9. The van der Waals surface area contributed by atoms with Crippen molar-refractivity contribution < 1.29 is 8.42 Å². The second kappa shape index (κ2) is 6.29. The third kappa shape index (κ3) is 2.86. The van der Waals surface area contributed by atoms with Crippen LogP contribution in [-0.4, -0.2) is 40.6 Å². The van der Waals surface area contributed by atoms with Crippen molar-refractivity contribution in [1.82, 2.24) is 19.1 Å². The number of rotatable bonds is 3. The number of hydrogen-bond acceptors (Lipinski definition) is 4. The van der Waals surface area contributed by atoms with Gasteiger partial charge in [-0.05, 0) is 62.8 Å². The van der Waals surface area contributed by atoms with Gasteiger partial charge in [0.15, 0.2) is 0 Å². The number of hydrogen-bond donors (Lipinski definition) is 0. The van der Waals surface area contributed by atoms with Gasteiger partial charge >= 0.3 is 0 Å². The molecule has 3 rings (SSSR count). The Morgan fingerprint density at radius 3 is 2.12 bits per heavy atom. The van der Waals surface area contributed by atoms with Crippen LogP contribution in [0, 0.1) is 27.7 Å². The molecule has 1 saturated heterocycles. The van der Waals surface area contributed by atoms with Gasteiger partial charge in [-0.3, -0.25) is 0 Å². The van der Waals surface area contributed by atoms with E-state index in [2.05, 4.69) is 16.1 Å². The first kappa shape index (κ1) is 17.1. The molecule has 2 aromatic rings. The maximum absolute atomic E-state index is 13.2. The molecule has 0 N–H and O–H groups in total. The number of piperidine rings is 1. The normalized spacial score (nSPS) is 17.3. The minimum Gasteiger partial charge on any atom is -0.250 e. The first-order chi connectivity index (χ1) is 11.3. The predicted molar refractivity (Wildman–Crippen MR) is 92.4 cm³/mol. The number of aromatic nitrogens is 3. The van der Waals surface area contributed by atoms with Gasteiger partial charge < -0.3 is 0 Å². The first-order valence-electron chi connectivity index (χ1n) is 8.24. The van der Waals surface area contributed by atoms with Gasteiger partial charge in [-0.2, -0.15) is 9.40 Å². The Hall–Kier alpha value is -1.73. The van der Waals surface area contributed by atoms with E-state index >= 15 is 0 Å². The second-order valence-electron chi connectivity index (χ2n) is 6.60. The number of sulfonamides is 1. The summed E-state index contributed by atoms with van der Waals surface area (Å²) >= 11 is 0. The van der Waals surface area contributed by atoms with Crippen LogP contribution >= 0.6 is 0 Å². The molecule has 0 aliphatic carbocycles. The summed E-state index contributed by atoms with van der Waals surface area (Å²) in [5.41, 5.74) is 3.76. The zero-order valence-electron chi connectivity index (χ0n) is 14.7. The van der Waals surface area contributed by atoms with Crippen LogP contribution in [0.3, 0.4) is 0 Å². The molecular formula is C17H24N4O2S. The molecule has 0 spiro atoms. The average molecular weight is 348 g/mol. The summed E-state index contributed by atoms with van der Waals surface area (Å²) in [7, 11) is -3.47. The molecule has 0 radical (unpaired) electrons. The van der Waals surface area contributed by atoms with E-state index in [0.717, 1.165) is 35.1 Å². The van der Waals surface area contributed by atoms with Crippen molar-refractivity contribution in [2.75, 3.05) is 13.1 Å². The zero-order valence-corrected chi connectivity index (χ0v) is 15.5. The lowest BCUT2D eigenvalue weighted by Gasteiger charge is -2.32. The summed E-state index contributed by atoms with van der Waals surface area (Å²) in [4.78, 5) is 4.46. The molecule has 1 aliphatic heterocycles. The van der Waals surface area contributed by atoms with Crippen LogP contribution in [0.2, 0.25) is 0 Å². The summed E-state index contributed by atoms with van der Waals surface area (Å²) in [6, 6.07) is 2.28. The van der Waals surface area contributed by atoms with Crippen LogP contribution < -0.4 is 0 Å². The molecule has 2 heterocycles. The number of benzene rings is 1. The van der Waals surface area contributed by atoms with Crippen LogP contribution in [0.5, 0.6) is 0 Å². The van der Waals surface area contributed by atoms with Crippen LogP contribution in [0.1, 0.15) is 41.1 Å². The molecular weight excluding hydrogens is 324 g/mol. The molecule has 130 valence electrons. The lowest BCUT2D eigenvalue weighted by atomic mass is 10.0. The molecule has 0 atom stereocenters. The molecule has 0 saturated carbocycles. The molecule has 7 heteroatoms.